The Hall–Kier alpha value is -1.26. The Morgan fingerprint density at radius 2 is 2.25 bits per heavy atom. The molecule has 1 atom stereocenters. The van der Waals surface area contributed by atoms with Crippen molar-refractivity contribution in [3.63, 3.8) is 0 Å². The van der Waals surface area contributed by atoms with Crippen molar-refractivity contribution in [1.29, 1.82) is 0 Å². The van der Waals surface area contributed by atoms with Crippen molar-refractivity contribution < 1.29 is 9.53 Å². The Kier molecular flexibility index (Phi) is 7.41. The van der Waals surface area contributed by atoms with Crippen LogP contribution in [0.3, 0.4) is 0 Å². The predicted molar refractivity (Wildman–Crippen MR) is 82.5 cm³/mol. The molecule has 20 heavy (non-hydrogen) atoms. The minimum Gasteiger partial charge on any atom is -0.493 e. The Labute approximate surface area is 126 Å². The molecule has 1 fully saturated rings. The maximum atomic E-state index is 11.7. The first kappa shape index (κ1) is 16.8. The van der Waals surface area contributed by atoms with E-state index in [0.29, 0.717) is 13.2 Å². The molecule has 1 saturated heterocycles. The molecule has 0 saturated carbocycles. The summed E-state index contributed by atoms with van der Waals surface area (Å²) < 4.78 is 5.68. The Morgan fingerprint density at radius 1 is 1.45 bits per heavy atom. The first-order valence-corrected chi connectivity index (χ1v) is 6.94. The van der Waals surface area contributed by atoms with E-state index >= 15 is 0 Å². The number of hydrogen-bond acceptors (Lipinski definition) is 3. The fourth-order valence-corrected chi connectivity index (χ4v) is 2.21. The molecule has 0 aromatic heterocycles. The van der Waals surface area contributed by atoms with Gasteiger partial charge in [-0.1, -0.05) is 18.2 Å². The molecule has 1 unspecified atom stereocenters. The van der Waals surface area contributed by atoms with Crippen LogP contribution in [0.25, 0.3) is 0 Å². The molecule has 112 valence electrons. The van der Waals surface area contributed by atoms with Gasteiger partial charge in [0.05, 0.1) is 12.5 Å². The molecule has 1 aromatic carbocycles. The monoisotopic (exact) mass is 298 g/mol. The van der Waals surface area contributed by atoms with Gasteiger partial charge in [0.1, 0.15) is 5.75 Å². The smallest absolute Gasteiger partial charge is 0.224 e. The van der Waals surface area contributed by atoms with Crippen molar-refractivity contribution in [3.8, 4) is 5.75 Å². The van der Waals surface area contributed by atoms with Gasteiger partial charge in [0.2, 0.25) is 5.91 Å². The lowest BCUT2D eigenvalue weighted by atomic mass is 10.1. The molecule has 1 aromatic rings. The molecular weight excluding hydrogens is 276 g/mol. The minimum atomic E-state index is 0. The van der Waals surface area contributed by atoms with E-state index < -0.39 is 0 Å². The van der Waals surface area contributed by atoms with Crippen molar-refractivity contribution in [3.05, 3.63) is 29.8 Å². The van der Waals surface area contributed by atoms with Crippen LogP contribution in [0.4, 0.5) is 0 Å². The highest BCUT2D eigenvalue weighted by atomic mass is 35.5. The second-order valence-electron chi connectivity index (χ2n) is 4.95. The summed E-state index contributed by atoms with van der Waals surface area (Å²) in [7, 11) is 0. The fourth-order valence-electron chi connectivity index (χ4n) is 2.21. The van der Waals surface area contributed by atoms with Crippen LogP contribution in [0.15, 0.2) is 24.3 Å². The minimum absolute atomic E-state index is 0. The standard InChI is InChI=1S/C15H22N2O2.ClH/c1-12-5-2-3-6-14(12)19-10-4-8-17-15(18)13-7-9-16-11-13;/h2-3,5-6,13,16H,4,7-11H2,1H3,(H,17,18);1H. The summed E-state index contributed by atoms with van der Waals surface area (Å²) in [4.78, 5) is 11.7. The van der Waals surface area contributed by atoms with Crippen LogP contribution in [0.2, 0.25) is 0 Å². The van der Waals surface area contributed by atoms with Gasteiger partial charge in [-0.3, -0.25) is 4.79 Å². The zero-order valence-corrected chi connectivity index (χ0v) is 12.7. The summed E-state index contributed by atoms with van der Waals surface area (Å²) in [5.41, 5.74) is 1.14. The molecule has 2 N–H and O–H groups in total. The number of aryl methyl sites for hydroxylation is 1. The second kappa shape index (κ2) is 8.82. The van der Waals surface area contributed by atoms with Crippen LogP contribution in [-0.4, -0.2) is 32.1 Å². The first-order chi connectivity index (χ1) is 9.27. The van der Waals surface area contributed by atoms with Gasteiger partial charge in [-0.2, -0.15) is 0 Å². The van der Waals surface area contributed by atoms with Gasteiger partial charge in [-0.05, 0) is 37.9 Å². The highest BCUT2D eigenvalue weighted by Crippen LogP contribution is 2.16. The Bertz CT molecular complexity index is 420. The van der Waals surface area contributed by atoms with Gasteiger partial charge in [-0.25, -0.2) is 0 Å². The van der Waals surface area contributed by atoms with E-state index in [1.54, 1.807) is 0 Å². The zero-order chi connectivity index (χ0) is 13.5. The molecule has 1 amide bonds. The van der Waals surface area contributed by atoms with Gasteiger partial charge in [0.15, 0.2) is 0 Å². The maximum Gasteiger partial charge on any atom is 0.224 e. The lowest BCUT2D eigenvalue weighted by Gasteiger charge is -2.11. The Balaban J connectivity index is 0.00000200. The van der Waals surface area contributed by atoms with E-state index in [0.717, 1.165) is 37.2 Å². The predicted octanol–water partition coefficient (Wildman–Crippen LogP) is 1.91. The van der Waals surface area contributed by atoms with E-state index in [1.807, 2.05) is 31.2 Å². The quantitative estimate of drug-likeness (QED) is 0.789. The van der Waals surface area contributed by atoms with Crippen LogP contribution < -0.4 is 15.4 Å². The molecule has 0 radical (unpaired) electrons. The normalized spacial score (nSPS) is 17.4. The third-order valence-corrected chi connectivity index (χ3v) is 3.40. The molecule has 1 aliphatic heterocycles. The van der Waals surface area contributed by atoms with Gasteiger partial charge in [0, 0.05) is 13.1 Å². The number of benzene rings is 1. The third-order valence-electron chi connectivity index (χ3n) is 3.40. The number of rotatable bonds is 6. The summed E-state index contributed by atoms with van der Waals surface area (Å²) >= 11 is 0. The summed E-state index contributed by atoms with van der Waals surface area (Å²) in [6.07, 6.45) is 1.78. The lowest BCUT2D eigenvalue weighted by molar-refractivity contribution is -0.124. The third kappa shape index (κ3) is 5.02. The number of carbonyl (C=O) groups excluding carboxylic acids is 1. The van der Waals surface area contributed by atoms with Crippen LogP contribution in [0.1, 0.15) is 18.4 Å². The summed E-state index contributed by atoms with van der Waals surface area (Å²) in [5, 5.41) is 6.16. The highest BCUT2D eigenvalue weighted by Gasteiger charge is 2.21. The molecular formula is C15H23ClN2O2. The SMILES string of the molecule is Cc1ccccc1OCCCNC(=O)C1CCNC1.Cl. The molecule has 0 spiro atoms. The van der Waals surface area contributed by atoms with Gasteiger partial charge >= 0.3 is 0 Å². The fraction of sp³-hybridized carbons (Fsp3) is 0.533. The number of amides is 1. The summed E-state index contributed by atoms with van der Waals surface area (Å²) in [5.74, 6) is 1.24. The van der Waals surface area contributed by atoms with Crippen LogP contribution >= 0.6 is 12.4 Å². The average molecular weight is 299 g/mol. The molecule has 4 nitrogen and oxygen atoms in total. The van der Waals surface area contributed by atoms with Crippen molar-refractivity contribution >= 4 is 18.3 Å². The van der Waals surface area contributed by atoms with Gasteiger partial charge in [0.25, 0.3) is 0 Å². The van der Waals surface area contributed by atoms with Crippen molar-refractivity contribution in [2.45, 2.75) is 19.8 Å². The first-order valence-electron chi connectivity index (χ1n) is 6.94. The molecule has 1 aliphatic rings. The number of nitrogens with one attached hydrogen (secondary N) is 2. The molecule has 5 heteroatoms. The van der Waals surface area contributed by atoms with Crippen molar-refractivity contribution in [2.24, 2.45) is 5.92 Å². The van der Waals surface area contributed by atoms with E-state index in [1.165, 1.54) is 0 Å². The topological polar surface area (TPSA) is 50.4 Å². The van der Waals surface area contributed by atoms with E-state index in [2.05, 4.69) is 10.6 Å². The van der Waals surface area contributed by atoms with Crippen LogP contribution in [0, 0.1) is 12.8 Å². The van der Waals surface area contributed by atoms with Gasteiger partial charge in [-0.15, -0.1) is 12.4 Å². The molecule has 0 bridgehead atoms. The largest absolute Gasteiger partial charge is 0.493 e. The summed E-state index contributed by atoms with van der Waals surface area (Å²) in [6.45, 7) is 5.11. The van der Waals surface area contributed by atoms with Crippen molar-refractivity contribution in [2.75, 3.05) is 26.2 Å². The molecule has 0 aliphatic carbocycles. The lowest BCUT2D eigenvalue weighted by Crippen LogP contribution is -2.33. The van der Waals surface area contributed by atoms with Gasteiger partial charge < -0.3 is 15.4 Å². The number of carbonyl (C=O) groups is 1. The molecule has 1 heterocycles. The maximum absolute atomic E-state index is 11.7. The highest BCUT2D eigenvalue weighted by molar-refractivity contribution is 5.85. The number of halogens is 1. The zero-order valence-electron chi connectivity index (χ0n) is 11.9. The van der Waals surface area contributed by atoms with E-state index in [-0.39, 0.29) is 24.2 Å². The second-order valence-corrected chi connectivity index (χ2v) is 4.95. The van der Waals surface area contributed by atoms with Crippen molar-refractivity contribution in [1.82, 2.24) is 10.6 Å². The van der Waals surface area contributed by atoms with E-state index in [9.17, 15) is 4.79 Å². The van der Waals surface area contributed by atoms with Crippen LogP contribution in [-0.2, 0) is 4.79 Å². The number of hydrogen-bond donors (Lipinski definition) is 2. The number of para-hydroxylation sites is 1. The molecule has 2 rings (SSSR count). The average Bonchev–Trinajstić information content (AvgIpc) is 2.94. The Morgan fingerprint density at radius 3 is 2.95 bits per heavy atom. The summed E-state index contributed by atoms with van der Waals surface area (Å²) in [6, 6.07) is 7.97. The van der Waals surface area contributed by atoms with Crippen LogP contribution in [0.5, 0.6) is 5.75 Å². The number of ether oxygens (including phenoxy) is 1. The van der Waals surface area contributed by atoms with E-state index in [4.69, 9.17) is 4.74 Å².